The van der Waals surface area contributed by atoms with Crippen LogP contribution in [0.15, 0.2) is 40.8 Å². The first-order valence-corrected chi connectivity index (χ1v) is 8.37. The van der Waals surface area contributed by atoms with Gasteiger partial charge in [0.2, 0.25) is 10.0 Å². The lowest BCUT2D eigenvalue weighted by molar-refractivity contribution is -0.117. The van der Waals surface area contributed by atoms with Crippen LogP contribution in [0.4, 0.5) is 0 Å². The Hall–Kier alpha value is -1.46. The van der Waals surface area contributed by atoms with Crippen molar-refractivity contribution >= 4 is 15.8 Å². The van der Waals surface area contributed by atoms with E-state index in [1.807, 2.05) is 26.8 Å². The number of carbonyl (C=O) groups is 1. The maximum atomic E-state index is 12.7. The number of benzene rings is 1. The fourth-order valence-electron chi connectivity index (χ4n) is 1.74. The highest BCUT2D eigenvalue weighted by molar-refractivity contribution is 7.89. The zero-order chi connectivity index (χ0) is 16.0. The zero-order valence-electron chi connectivity index (χ0n) is 13.1. The molecule has 0 aliphatic rings. The van der Waals surface area contributed by atoms with Gasteiger partial charge in [-0.15, -0.1) is 0 Å². The minimum atomic E-state index is -3.57. The lowest BCUT2D eigenvalue weighted by Gasteiger charge is -2.20. The van der Waals surface area contributed by atoms with Crippen LogP contribution in [0, 0.1) is 6.92 Å². The van der Waals surface area contributed by atoms with Crippen molar-refractivity contribution in [1.82, 2.24) is 4.31 Å². The van der Waals surface area contributed by atoms with Crippen LogP contribution in [0.3, 0.4) is 0 Å². The van der Waals surface area contributed by atoms with Gasteiger partial charge in [0.25, 0.3) is 0 Å². The quantitative estimate of drug-likeness (QED) is 0.728. The lowest BCUT2D eigenvalue weighted by Crippen LogP contribution is -2.33. The van der Waals surface area contributed by atoms with Crippen LogP contribution >= 0.6 is 0 Å². The van der Waals surface area contributed by atoms with E-state index in [4.69, 9.17) is 0 Å². The van der Waals surface area contributed by atoms with Crippen molar-refractivity contribution in [3.05, 3.63) is 41.5 Å². The molecule has 21 heavy (non-hydrogen) atoms. The Morgan fingerprint density at radius 3 is 2.19 bits per heavy atom. The average Bonchev–Trinajstić information content (AvgIpc) is 2.38. The van der Waals surface area contributed by atoms with Crippen molar-refractivity contribution in [2.45, 2.75) is 39.0 Å². The molecule has 0 spiro atoms. The molecule has 0 aromatic heterocycles. The molecule has 0 N–H and O–H groups in total. The van der Waals surface area contributed by atoms with Gasteiger partial charge in [0.05, 0.1) is 4.90 Å². The number of ketones is 1. The van der Waals surface area contributed by atoms with Gasteiger partial charge in [-0.2, -0.15) is 4.31 Å². The van der Waals surface area contributed by atoms with Crippen LogP contribution in [0.1, 0.15) is 32.8 Å². The van der Waals surface area contributed by atoms with Crippen LogP contribution in [0.5, 0.6) is 0 Å². The predicted octanol–water partition coefficient (Wildman–Crippen LogP) is 2.93. The van der Waals surface area contributed by atoms with Crippen molar-refractivity contribution in [3.8, 4) is 0 Å². The van der Waals surface area contributed by atoms with E-state index >= 15 is 0 Å². The fraction of sp³-hybridized carbons (Fsp3) is 0.438. The molecule has 5 heteroatoms. The van der Waals surface area contributed by atoms with Gasteiger partial charge < -0.3 is 0 Å². The molecular weight excluding hydrogens is 286 g/mol. The van der Waals surface area contributed by atoms with Gasteiger partial charge >= 0.3 is 0 Å². The van der Waals surface area contributed by atoms with Crippen LogP contribution in [0.2, 0.25) is 0 Å². The van der Waals surface area contributed by atoms with Gasteiger partial charge in [-0.3, -0.25) is 4.79 Å². The van der Waals surface area contributed by atoms with Gasteiger partial charge in [-0.05, 0) is 39.8 Å². The van der Waals surface area contributed by atoms with Crippen molar-refractivity contribution < 1.29 is 13.2 Å². The third kappa shape index (κ3) is 5.44. The summed E-state index contributed by atoms with van der Waals surface area (Å²) in [5.41, 5.74) is 2.05. The molecule has 0 radical (unpaired) electrons. The van der Waals surface area contributed by atoms with E-state index in [1.54, 1.807) is 24.3 Å². The normalized spacial score (nSPS) is 11.5. The van der Waals surface area contributed by atoms with Gasteiger partial charge in [-0.25, -0.2) is 8.42 Å². The first-order valence-electron chi connectivity index (χ1n) is 6.93. The van der Waals surface area contributed by atoms with Crippen molar-refractivity contribution in [2.75, 3.05) is 13.1 Å². The van der Waals surface area contributed by atoms with Gasteiger partial charge in [-0.1, -0.05) is 29.3 Å². The number of nitrogens with zero attached hydrogens (tertiary/aromatic N) is 1. The molecule has 0 amide bonds. The number of allylic oxidation sites excluding steroid dienone is 1. The molecular formula is C16H23NO3S. The molecule has 0 saturated carbocycles. The molecule has 4 nitrogen and oxygen atoms in total. The molecule has 1 aromatic rings. The second kappa shape index (κ2) is 7.52. The molecule has 0 heterocycles. The summed E-state index contributed by atoms with van der Waals surface area (Å²) in [5, 5.41) is 0. The van der Waals surface area contributed by atoms with E-state index in [1.165, 1.54) is 11.2 Å². The minimum Gasteiger partial charge on any atom is -0.300 e. The van der Waals surface area contributed by atoms with Crippen LogP contribution in [-0.2, 0) is 14.8 Å². The fourth-order valence-corrected chi connectivity index (χ4v) is 3.12. The first-order chi connectivity index (χ1) is 9.73. The number of carbonyl (C=O) groups excluding carboxylic acids is 1. The summed E-state index contributed by atoms with van der Waals surface area (Å²) in [6, 6.07) is 6.76. The second-order valence-electron chi connectivity index (χ2n) is 5.41. The molecule has 1 aromatic carbocycles. The van der Waals surface area contributed by atoms with E-state index < -0.39 is 10.0 Å². The van der Waals surface area contributed by atoms with Crippen molar-refractivity contribution in [1.29, 1.82) is 0 Å². The molecule has 0 aliphatic heterocycles. The first kappa shape index (κ1) is 17.6. The largest absolute Gasteiger partial charge is 0.300 e. The third-order valence-corrected chi connectivity index (χ3v) is 4.95. The van der Waals surface area contributed by atoms with E-state index in [0.29, 0.717) is 0 Å². The summed E-state index contributed by atoms with van der Waals surface area (Å²) in [7, 11) is -3.57. The minimum absolute atomic E-state index is 0.0173. The zero-order valence-corrected chi connectivity index (χ0v) is 13.9. The van der Waals surface area contributed by atoms with Crippen LogP contribution in [0.25, 0.3) is 0 Å². The van der Waals surface area contributed by atoms with E-state index in [2.05, 4.69) is 0 Å². The second-order valence-corrected chi connectivity index (χ2v) is 7.35. The van der Waals surface area contributed by atoms with Crippen LogP contribution < -0.4 is 0 Å². The summed E-state index contributed by atoms with van der Waals surface area (Å²) in [6.07, 6.45) is 2.08. The number of aryl methyl sites for hydroxylation is 1. The van der Waals surface area contributed by atoms with E-state index in [0.717, 1.165) is 11.1 Å². The standard InChI is InChI=1S/C16H23NO3S/c1-13(2)9-11-17(12-10-15(4)18)21(19,20)16-7-5-14(3)6-8-16/h5-9H,10-12H2,1-4H3. The summed E-state index contributed by atoms with van der Waals surface area (Å²) in [4.78, 5) is 11.4. The smallest absolute Gasteiger partial charge is 0.243 e. The van der Waals surface area contributed by atoms with Gasteiger partial charge in [0, 0.05) is 19.5 Å². The third-order valence-electron chi connectivity index (χ3n) is 3.08. The number of rotatable bonds is 7. The summed E-state index contributed by atoms with van der Waals surface area (Å²) >= 11 is 0. The molecule has 0 fully saturated rings. The molecule has 116 valence electrons. The number of hydrogen-bond acceptors (Lipinski definition) is 3. The number of sulfonamides is 1. The van der Waals surface area contributed by atoms with Crippen molar-refractivity contribution in [3.63, 3.8) is 0 Å². The Morgan fingerprint density at radius 1 is 1.14 bits per heavy atom. The predicted molar refractivity (Wildman–Crippen MR) is 84.7 cm³/mol. The Bertz CT molecular complexity index is 611. The summed E-state index contributed by atoms with van der Waals surface area (Å²) in [6.45, 7) is 7.70. The summed E-state index contributed by atoms with van der Waals surface area (Å²) < 4.78 is 26.7. The van der Waals surface area contributed by atoms with Crippen LogP contribution in [-0.4, -0.2) is 31.6 Å². The molecule has 0 saturated heterocycles. The SMILES string of the molecule is CC(=O)CCN(CC=C(C)C)S(=O)(=O)c1ccc(C)cc1. The van der Waals surface area contributed by atoms with Gasteiger partial charge in [0.15, 0.2) is 0 Å². The highest BCUT2D eigenvalue weighted by atomic mass is 32.2. The maximum Gasteiger partial charge on any atom is 0.243 e. The Morgan fingerprint density at radius 2 is 1.71 bits per heavy atom. The van der Waals surface area contributed by atoms with Gasteiger partial charge in [0.1, 0.15) is 5.78 Å². The Labute approximate surface area is 127 Å². The van der Waals surface area contributed by atoms with E-state index in [-0.39, 0.29) is 30.2 Å². The number of Topliss-reactive ketones (excluding diaryl/α,β-unsaturated/α-hetero) is 1. The molecule has 0 bridgehead atoms. The maximum absolute atomic E-state index is 12.7. The molecule has 0 aliphatic carbocycles. The molecule has 0 unspecified atom stereocenters. The average molecular weight is 309 g/mol. The Balaban J connectivity index is 3.06. The number of hydrogen-bond donors (Lipinski definition) is 0. The highest BCUT2D eigenvalue weighted by Crippen LogP contribution is 2.17. The summed E-state index contributed by atoms with van der Waals surface area (Å²) in [5.74, 6) is -0.0173. The van der Waals surface area contributed by atoms with E-state index in [9.17, 15) is 13.2 Å². The molecule has 1 rings (SSSR count). The monoisotopic (exact) mass is 309 g/mol. The van der Waals surface area contributed by atoms with Crippen molar-refractivity contribution in [2.24, 2.45) is 0 Å². The highest BCUT2D eigenvalue weighted by Gasteiger charge is 2.23. The Kier molecular flexibility index (Phi) is 6.30. The topological polar surface area (TPSA) is 54.5 Å². The lowest BCUT2D eigenvalue weighted by atomic mass is 10.2. The molecule has 0 atom stereocenters.